The summed E-state index contributed by atoms with van der Waals surface area (Å²) in [6, 6.07) is 12.2. The van der Waals surface area contributed by atoms with Crippen molar-refractivity contribution in [1.82, 2.24) is 25.6 Å². The third-order valence-electron chi connectivity index (χ3n) is 5.10. The average Bonchev–Trinajstić information content (AvgIpc) is 2.77. The van der Waals surface area contributed by atoms with Gasteiger partial charge < -0.3 is 15.2 Å². The number of hydrazine groups is 1. The van der Waals surface area contributed by atoms with Crippen LogP contribution in [0.4, 0.5) is 0 Å². The Morgan fingerprint density at radius 1 is 1.23 bits per heavy atom. The van der Waals surface area contributed by atoms with E-state index in [0.29, 0.717) is 11.6 Å². The predicted molar refractivity (Wildman–Crippen MR) is 131 cm³/mol. The van der Waals surface area contributed by atoms with Gasteiger partial charge in [0.2, 0.25) is 0 Å². The molecule has 0 aliphatic heterocycles. The van der Waals surface area contributed by atoms with Crippen molar-refractivity contribution in [1.29, 1.82) is 0 Å². The van der Waals surface area contributed by atoms with Crippen molar-refractivity contribution in [2.75, 3.05) is 13.6 Å². The van der Waals surface area contributed by atoms with Crippen molar-refractivity contribution >= 4 is 11.6 Å². The number of likely N-dealkylation sites (N-methyl/N-ethyl adjacent to an activating group) is 1. The Hall–Kier alpha value is -2.76. The number of nitrogens with one attached hydrogen (secondary N) is 2. The van der Waals surface area contributed by atoms with Gasteiger partial charge in [-0.15, -0.1) is 0 Å². The van der Waals surface area contributed by atoms with Crippen molar-refractivity contribution in [2.45, 2.75) is 39.4 Å². The number of halogens is 1. The highest BCUT2D eigenvalue weighted by atomic mass is 35.5. The van der Waals surface area contributed by atoms with Gasteiger partial charge in [-0.2, -0.15) is 0 Å². The van der Waals surface area contributed by atoms with Crippen LogP contribution < -0.4 is 10.9 Å². The summed E-state index contributed by atoms with van der Waals surface area (Å²) in [5, 5.41) is 0.611. The van der Waals surface area contributed by atoms with Crippen LogP contribution in [-0.2, 0) is 6.54 Å². The molecule has 0 fully saturated rings. The second-order valence-electron chi connectivity index (χ2n) is 7.57. The molecule has 2 aromatic rings. The standard InChI is InChI=1S/C25H34ClN5/c1-7-9-15-30(6)20(4)21(5)31(18-24-14-13-23(26)17-27-24)25(29-28-8-2)22-12-10-11-19(3)16-22/h8,10-14,16-17,25,28-29H,2,4-5,7,9,15,18H2,1,3,6H3. The van der Waals surface area contributed by atoms with Crippen LogP contribution in [0.25, 0.3) is 0 Å². The lowest BCUT2D eigenvalue weighted by Crippen LogP contribution is -2.43. The number of nitrogens with zero attached hydrogens (tertiary/aromatic N) is 3. The Morgan fingerprint density at radius 2 is 2.00 bits per heavy atom. The second-order valence-corrected chi connectivity index (χ2v) is 8.01. The van der Waals surface area contributed by atoms with Gasteiger partial charge in [-0.25, -0.2) is 5.43 Å². The van der Waals surface area contributed by atoms with Gasteiger partial charge in [0.25, 0.3) is 0 Å². The summed E-state index contributed by atoms with van der Waals surface area (Å²) in [5.41, 5.74) is 11.2. The lowest BCUT2D eigenvalue weighted by molar-refractivity contribution is 0.189. The lowest BCUT2D eigenvalue weighted by Gasteiger charge is -2.38. The van der Waals surface area contributed by atoms with E-state index >= 15 is 0 Å². The van der Waals surface area contributed by atoms with Gasteiger partial charge in [-0.05, 0) is 31.0 Å². The summed E-state index contributed by atoms with van der Waals surface area (Å²) in [7, 11) is 2.05. The summed E-state index contributed by atoms with van der Waals surface area (Å²) in [6.07, 6.45) is 5.28. The highest BCUT2D eigenvalue weighted by Gasteiger charge is 2.25. The van der Waals surface area contributed by atoms with Gasteiger partial charge in [-0.1, -0.05) is 74.5 Å². The van der Waals surface area contributed by atoms with Crippen LogP contribution in [0.1, 0.15) is 42.8 Å². The lowest BCUT2D eigenvalue weighted by atomic mass is 10.1. The monoisotopic (exact) mass is 439 g/mol. The first kappa shape index (κ1) is 24.5. The summed E-state index contributed by atoms with van der Waals surface area (Å²) in [4.78, 5) is 8.82. The maximum absolute atomic E-state index is 6.05. The largest absolute Gasteiger partial charge is 0.373 e. The van der Waals surface area contributed by atoms with Crippen molar-refractivity contribution in [3.8, 4) is 0 Å². The molecule has 1 aromatic carbocycles. The van der Waals surface area contributed by atoms with Crippen LogP contribution in [-0.4, -0.2) is 28.4 Å². The van der Waals surface area contributed by atoms with Crippen molar-refractivity contribution in [3.05, 3.63) is 102 Å². The normalized spacial score (nSPS) is 11.5. The number of aromatic nitrogens is 1. The molecule has 1 unspecified atom stereocenters. The smallest absolute Gasteiger partial charge is 0.123 e. The van der Waals surface area contributed by atoms with Crippen molar-refractivity contribution < 1.29 is 0 Å². The third kappa shape index (κ3) is 7.16. The van der Waals surface area contributed by atoms with Gasteiger partial charge in [0, 0.05) is 26.0 Å². The van der Waals surface area contributed by atoms with E-state index in [1.165, 1.54) is 5.56 Å². The van der Waals surface area contributed by atoms with Crippen LogP contribution >= 0.6 is 11.6 Å². The molecule has 6 heteroatoms. The number of aryl methyl sites for hydroxylation is 1. The number of unbranched alkanes of at least 4 members (excludes halogenated alkanes) is 1. The Labute approximate surface area is 192 Å². The van der Waals surface area contributed by atoms with Gasteiger partial charge in [0.05, 0.1) is 28.7 Å². The molecule has 166 valence electrons. The second kappa shape index (κ2) is 12.2. The molecular formula is C25H34ClN5. The van der Waals surface area contributed by atoms with E-state index in [-0.39, 0.29) is 6.17 Å². The van der Waals surface area contributed by atoms with E-state index in [9.17, 15) is 0 Å². The molecule has 0 saturated carbocycles. The predicted octanol–water partition coefficient (Wildman–Crippen LogP) is 5.54. The fourth-order valence-corrected chi connectivity index (χ4v) is 3.36. The Morgan fingerprint density at radius 3 is 2.61 bits per heavy atom. The number of rotatable bonds is 13. The van der Waals surface area contributed by atoms with E-state index in [2.05, 4.69) is 90.5 Å². The van der Waals surface area contributed by atoms with Gasteiger partial charge in [0.1, 0.15) is 6.17 Å². The van der Waals surface area contributed by atoms with Gasteiger partial charge >= 0.3 is 0 Å². The molecule has 0 radical (unpaired) electrons. The number of hydrogen-bond donors (Lipinski definition) is 2. The maximum atomic E-state index is 6.05. The molecular weight excluding hydrogens is 406 g/mol. The quantitative estimate of drug-likeness (QED) is 0.243. The first-order valence-corrected chi connectivity index (χ1v) is 10.9. The third-order valence-corrected chi connectivity index (χ3v) is 5.32. The van der Waals surface area contributed by atoms with E-state index in [1.807, 2.05) is 12.1 Å². The molecule has 0 spiro atoms. The summed E-state index contributed by atoms with van der Waals surface area (Å²) in [6.45, 7) is 18.2. The van der Waals surface area contributed by atoms with Crippen LogP contribution in [0.15, 0.2) is 79.9 Å². The van der Waals surface area contributed by atoms with E-state index in [1.54, 1.807) is 12.4 Å². The minimum absolute atomic E-state index is 0.223. The highest BCUT2D eigenvalue weighted by molar-refractivity contribution is 6.30. The van der Waals surface area contributed by atoms with Crippen molar-refractivity contribution in [3.63, 3.8) is 0 Å². The Balaban J connectivity index is 2.43. The molecule has 0 amide bonds. The number of pyridine rings is 1. The van der Waals surface area contributed by atoms with Gasteiger partial charge in [0.15, 0.2) is 0 Å². The molecule has 0 aliphatic carbocycles. The molecule has 0 bridgehead atoms. The van der Waals surface area contributed by atoms with Crippen LogP contribution in [0, 0.1) is 6.92 Å². The first-order chi connectivity index (χ1) is 14.9. The molecule has 1 aromatic heterocycles. The zero-order valence-corrected chi connectivity index (χ0v) is 19.6. The summed E-state index contributed by atoms with van der Waals surface area (Å²) >= 11 is 6.05. The van der Waals surface area contributed by atoms with E-state index in [0.717, 1.165) is 42.0 Å². The average molecular weight is 440 g/mol. The fraction of sp³-hybridized carbons (Fsp3) is 0.320. The van der Waals surface area contributed by atoms with Crippen LogP contribution in [0.5, 0.6) is 0 Å². The molecule has 1 heterocycles. The minimum Gasteiger partial charge on any atom is -0.373 e. The van der Waals surface area contributed by atoms with Crippen LogP contribution in [0.2, 0.25) is 5.02 Å². The zero-order valence-electron chi connectivity index (χ0n) is 18.9. The maximum Gasteiger partial charge on any atom is 0.123 e. The van der Waals surface area contributed by atoms with Gasteiger partial charge in [-0.3, -0.25) is 4.98 Å². The summed E-state index contributed by atoms with van der Waals surface area (Å²) in [5.74, 6) is 0. The Bertz CT molecular complexity index is 878. The topological polar surface area (TPSA) is 43.4 Å². The number of benzene rings is 1. The van der Waals surface area contributed by atoms with Crippen LogP contribution in [0.3, 0.4) is 0 Å². The molecule has 0 aliphatic rings. The minimum atomic E-state index is -0.223. The summed E-state index contributed by atoms with van der Waals surface area (Å²) < 4.78 is 0. The molecule has 2 rings (SSSR count). The Kier molecular flexibility index (Phi) is 9.63. The van der Waals surface area contributed by atoms with Crippen molar-refractivity contribution in [2.24, 2.45) is 0 Å². The zero-order chi connectivity index (χ0) is 22.8. The molecule has 2 N–H and O–H groups in total. The number of hydrogen-bond acceptors (Lipinski definition) is 5. The fourth-order valence-electron chi connectivity index (χ4n) is 3.25. The molecule has 31 heavy (non-hydrogen) atoms. The van der Waals surface area contributed by atoms with E-state index in [4.69, 9.17) is 11.6 Å². The first-order valence-electron chi connectivity index (χ1n) is 10.5. The highest BCUT2D eigenvalue weighted by Crippen LogP contribution is 2.28. The molecule has 0 saturated heterocycles. The molecule has 5 nitrogen and oxygen atoms in total. The van der Waals surface area contributed by atoms with E-state index < -0.39 is 0 Å². The molecule has 1 atom stereocenters. The SMILES string of the molecule is C=CNNC(c1cccc(C)c1)N(Cc1ccc(Cl)cn1)C(=C)C(=C)N(C)CCCC.